The van der Waals surface area contributed by atoms with Crippen molar-refractivity contribution in [2.75, 3.05) is 31.6 Å². The molecule has 1 fully saturated rings. The van der Waals surface area contributed by atoms with E-state index < -0.39 is 66.3 Å². The van der Waals surface area contributed by atoms with Gasteiger partial charge in [0.15, 0.2) is 0 Å². The largest absolute Gasteiger partial charge is 0.448 e. The molecular weight excluding hydrogens is 644 g/mol. The number of benzene rings is 2. The van der Waals surface area contributed by atoms with Crippen LogP contribution in [0.15, 0.2) is 54.9 Å². The molecule has 0 saturated carbocycles. The number of amides is 2. The molecular formula is C30H30ClF6N5O4. The molecule has 0 spiro atoms. The number of ether oxygens (including phenoxy) is 2. The van der Waals surface area contributed by atoms with Gasteiger partial charge in [-0.3, -0.25) is 9.78 Å². The fraction of sp³-hybridized carbons (Fsp3) is 0.367. The Hall–Kier alpha value is -3.92. The molecule has 5 N–H and O–H groups in total. The van der Waals surface area contributed by atoms with Crippen LogP contribution in [0.3, 0.4) is 0 Å². The summed E-state index contributed by atoms with van der Waals surface area (Å²) in [6.45, 7) is -1.40. The van der Waals surface area contributed by atoms with Gasteiger partial charge in [0.2, 0.25) is 5.91 Å². The average Bonchev–Trinajstić information content (AvgIpc) is 3.01. The number of carbonyl (C=O) groups excluding carboxylic acids is 2. The van der Waals surface area contributed by atoms with Crippen molar-refractivity contribution in [3.8, 4) is 0 Å². The number of halogens is 7. The summed E-state index contributed by atoms with van der Waals surface area (Å²) in [7, 11) is 0. The Kier molecular flexibility index (Phi) is 11.8. The Bertz CT molecular complexity index is 1510. The lowest BCUT2D eigenvalue weighted by molar-refractivity contribution is -0.124. The lowest BCUT2D eigenvalue weighted by atomic mass is 9.85. The molecule has 248 valence electrons. The number of pyridine rings is 1. The first-order valence-electron chi connectivity index (χ1n) is 14.0. The van der Waals surface area contributed by atoms with Crippen LogP contribution >= 0.6 is 11.6 Å². The Labute approximate surface area is 264 Å². The molecule has 2 amide bonds. The molecule has 2 aromatic carbocycles. The molecule has 3 aromatic rings. The van der Waals surface area contributed by atoms with Crippen molar-refractivity contribution in [1.82, 2.24) is 15.6 Å². The summed E-state index contributed by atoms with van der Waals surface area (Å²) in [6, 6.07) is 7.36. The minimum Gasteiger partial charge on any atom is -0.448 e. The van der Waals surface area contributed by atoms with Crippen molar-refractivity contribution >= 4 is 29.3 Å². The maximum Gasteiger partial charge on any atom is 0.407 e. The quantitative estimate of drug-likeness (QED) is 0.215. The van der Waals surface area contributed by atoms with Crippen molar-refractivity contribution in [3.05, 3.63) is 94.0 Å². The van der Waals surface area contributed by atoms with E-state index in [9.17, 15) is 35.9 Å². The fourth-order valence-electron chi connectivity index (χ4n) is 4.84. The van der Waals surface area contributed by atoms with Crippen LogP contribution in [0.1, 0.15) is 29.0 Å². The monoisotopic (exact) mass is 673 g/mol. The van der Waals surface area contributed by atoms with E-state index in [1.807, 2.05) is 0 Å². The number of morpholine rings is 1. The first kappa shape index (κ1) is 34.9. The average molecular weight is 674 g/mol. The smallest absolute Gasteiger partial charge is 0.407 e. The van der Waals surface area contributed by atoms with Gasteiger partial charge in [0, 0.05) is 18.0 Å². The number of aromatic nitrogens is 1. The highest BCUT2D eigenvalue weighted by Crippen LogP contribution is 2.31. The van der Waals surface area contributed by atoms with Gasteiger partial charge in [-0.15, -0.1) is 0 Å². The van der Waals surface area contributed by atoms with E-state index in [0.717, 1.165) is 12.3 Å². The van der Waals surface area contributed by atoms with E-state index in [1.165, 1.54) is 42.6 Å². The van der Waals surface area contributed by atoms with Gasteiger partial charge < -0.3 is 31.2 Å². The zero-order chi connectivity index (χ0) is 33.4. The number of carbonyl (C=O) groups is 2. The second-order valence-electron chi connectivity index (χ2n) is 10.5. The van der Waals surface area contributed by atoms with E-state index in [1.54, 1.807) is 5.32 Å². The lowest BCUT2D eigenvalue weighted by Crippen LogP contribution is -2.49. The summed E-state index contributed by atoms with van der Waals surface area (Å²) >= 11 is 5.83. The molecule has 4 atom stereocenters. The van der Waals surface area contributed by atoms with E-state index >= 15 is 0 Å². The molecule has 46 heavy (non-hydrogen) atoms. The number of nitrogens with zero attached hydrogens (tertiary/aromatic N) is 1. The van der Waals surface area contributed by atoms with Gasteiger partial charge in [-0.05, 0) is 48.2 Å². The predicted molar refractivity (Wildman–Crippen MR) is 156 cm³/mol. The van der Waals surface area contributed by atoms with Crippen LogP contribution in [0.5, 0.6) is 0 Å². The first-order chi connectivity index (χ1) is 21.8. The third kappa shape index (κ3) is 9.79. The molecule has 0 aliphatic carbocycles. The molecule has 0 unspecified atom stereocenters. The Morgan fingerprint density at radius 1 is 1.09 bits per heavy atom. The number of alkyl carbamates (subject to hydrolysis) is 1. The second kappa shape index (κ2) is 15.6. The summed E-state index contributed by atoms with van der Waals surface area (Å²) in [5.41, 5.74) is 7.30. The predicted octanol–water partition coefficient (Wildman–Crippen LogP) is 4.83. The van der Waals surface area contributed by atoms with Crippen molar-refractivity contribution in [2.45, 2.75) is 43.1 Å². The Morgan fingerprint density at radius 2 is 1.80 bits per heavy atom. The van der Waals surface area contributed by atoms with Gasteiger partial charge in [0.05, 0.1) is 47.9 Å². The second-order valence-corrected chi connectivity index (χ2v) is 10.9. The third-order valence-electron chi connectivity index (χ3n) is 7.19. The van der Waals surface area contributed by atoms with Crippen LogP contribution in [0, 0.1) is 17.5 Å². The number of anilines is 1. The highest BCUT2D eigenvalue weighted by Gasteiger charge is 2.31. The summed E-state index contributed by atoms with van der Waals surface area (Å²) in [6.07, 6.45) is -3.54. The minimum absolute atomic E-state index is 0.0560. The molecule has 1 aromatic heterocycles. The van der Waals surface area contributed by atoms with Gasteiger partial charge in [-0.25, -0.2) is 18.0 Å². The maximum atomic E-state index is 14.9. The number of rotatable bonds is 11. The highest BCUT2D eigenvalue weighted by atomic mass is 35.5. The van der Waals surface area contributed by atoms with Crippen molar-refractivity contribution in [2.24, 2.45) is 5.73 Å². The van der Waals surface area contributed by atoms with Crippen molar-refractivity contribution in [3.63, 3.8) is 0 Å². The number of hydrogen-bond acceptors (Lipinski definition) is 7. The van der Waals surface area contributed by atoms with Crippen LogP contribution in [0.2, 0.25) is 5.02 Å². The van der Waals surface area contributed by atoms with Gasteiger partial charge >= 0.3 is 12.3 Å². The zero-order valence-corrected chi connectivity index (χ0v) is 24.8. The molecule has 1 aliphatic heterocycles. The highest BCUT2D eigenvalue weighted by molar-refractivity contribution is 6.30. The van der Waals surface area contributed by atoms with Crippen LogP contribution in [-0.4, -0.2) is 67.7 Å². The van der Waals surface area contributed by atoms with E-state index in [4.69, 9.17) is 26.8 Å². The number of nitrogens with one attached hydrogen (secondary N) is 3. The first-order valence-corrected chi connectivity index (χ1v) is 14.4. The molecule has 0 bridgehead atoms. The summed E-state index contributed by atoms with van der Waals surface area (Å²) in [4.78, 5) is 28.7. The molecule has 0 radical (unpaired) electrons. The lowest BCUT2D eigenvalue weighted by Gasteiger charge is -2.30. The van der Waals surface area contributed by atoms with E-state index in [0.29, 0.717) is 17.5 Å². The van der Waals surface area contributed by atoms with Crippen LogP contribution < -0.4 is 21.7 Å². The minimum atomic E-state index is -4.56. The van der Waals surface area contributed by atoms with Gasteiger partial charge in [0.1, 0.15) is 30.6 Å². The SMILES string of the molecule is N[C@H](C(=O)Nc1cncc(F)c1CC[C@@H]1CN[C@H](COC(=O)NCC(F)(F)F)CO1)[C@H](c1ccc(F)cc1)c1ccc(Cl)c(F)c1. The number of nitrogens with two attached hydrogens (primary N) is 1. The normalized spacial score (nSPS) is 18.0. The van der Waals surface area contributed by atoms with Crippen molar-refractivity contribution in [1.29, 1.82) is 0 Å². The molecule has 1 aliphatic rings. The molecule has 1 saturated heterocycles. The molecule has 2 heterocycles. The van der Waals surface area contributed by atoms with Crippen molar-refractivity contribution < 1.29 is 45.4 Å². The maximum absolute atomic E-state index is 14.9. The molecule has 9 nitrogen and oxygen atoms in total. The number of alkyl halides is 3. The van der Waals surface area contributed by atoms with Crippen LogP contribution in [0.25, 0.3) is 0 Å². The van der Waals surface area contributed by atoms with Crippen LogP contribution in [-0.2, 0) is 20.7 Å². The number of hydrogen-bond donors (Lipinski definition) is 4. The van der Waals surface area contributed by atoms with Gasteiger partial charge in [-0.1, -0.05) is 29.8 Å². The Morgan fingerprint density at radius 3 is 2.46 bits per heavy atom. The van der Waals surface area contributed by atoms with Crippen LogP contribution in [0.4, 0.5) is 36.8 Å². The third-order valence-corrected chi connectivity index (χ3v) is 7.50. The van der Waals surface area contributed by atoms with Gasteiger partial charge in [-0.2, -0.15) is 13.2 Å². The summed E-state index contributed by atoms with van der Waals surface area (Å²) in [5.74, 6) is -3.62. The molecule has 4 rings (SSSR count). The Balaban J connectivity index is 1.37. The zero-order valence-electron chi connectivity index (χ0n) is 24.1. The standard InChI is InChI=1S/C30H30ClF6N5O4/c31-22-8-3-17(9-23(22)33)26(16-1-4-18(32)5-2-16)27(38)28(43)42-25-12-39-11-24(34)21(25)7-6-20-10-40-19(13-45-20)14-46-29(44)41-15-30(35,36)37/h1-5,8-9,11-12,19-20,26-27,40H,6-7,10,13-15,38H2,(H,41,44)(H,42,43)/t19-,20+,26+,27-/m0/s1. The molecule has 16 heteroatoms. The summed E-state index contributed by atoms with van der Waals surface area (Å²) in [5, 5.41) is 7.14. The fourth-order valence-corrected chi connectivity index (χ4v) is 4.96. The van der Waals surface area contributed by atoms with E-state index in [-0.39, 0.29) is 42.5 Å². The van der Waals surface area contributed by atoms with Gasteiger partial charge in [0.25, 0.3) is 0 Å². The topological polar surface area (TPSA) is 128 Å². The summed E-state index contributed by atoms with van der Waals surface area (Å²) < 4.78 is 90.1. The van der Waals surface area contributed by atoms with E-state index in [2.05, 4.69) is 15.6 Å².